The monoisotopic (exact) mass is 480 g/mol. The third-order valence-corrected chi connectivity index (χ3v) is 4.09. The van der Waals surface area contributed by atoms with Crippen molar-refractivity contribution in [3.8, 4) is 0 Å². The predicted molar refractivity (Wildman–Crippen MR) is 112 cm³/mol. The van der Waals surface area contributed by atoms with Gasteiger partial charge in [-0.25, -0.2) is 9.38 Å². The quantitative estimate of drug-likeness (QED) is 0.229. The van der Waals surface area contributed by atoms with E-state index in [4.69, 9.17) is 9.84 Å². The molecule has 1 fully saturated rings. The van der Waals surface area contributed by atoms with E-state index in [2.05, 4.69) is 20.5 Å². The summed E-state index contributed by atoms with van der Waals surface area (Å²) in [6.07, 6.45) is 1.04. The number of nitrogens with one attached hydrogen (secondary N) is 2. The van der Waals surface area contributed by atoms with Crippen molar-refractivity contribution in [2.24, 2.45) is 4.99 Å². The number of nitrogens with zero attached hydrogens (tertiary/aromatic N) is 2. The third kappa shape index (κ3) is 8.15. The van der Waals surface area contributed by atoms with Gasteiger partial charge in [0.25, 0.3) is 0 Å². The lowest BCUT2D eigenvalue weighted by Crippen LogP contribution is -2.40. The van der Waals surface area contributed by atoms with Crippen LogP contribution in [0.1, 0.15) is 24.5 Å². The summed E-state index contributed by atoms with van der Waals surface area (Å²) in [6.45, 7) is 8.48. The second-order valence-corrected chi connectivity index (χ2v) is 6.01. The highest BCUT2D eigenvalue weighted by molar-refractivity contribution is 14.0. The molecule has 0 saturated carbocycles. The number of ether oxygens (including phenoxy) is 1. The maximum atomic E-state index is 13.4. The zero-order chi connectivity index (χ0) is 17.9. The van der Waals surface area contributed by atoms with Crippen LogP contribution in [-0.4, -0.2) is 61.9 Å². The number of halogens is 2. The minimum Gasteiger partial charge on any atom is -0.392 e. The number of guanidine groups is 1. The van der Waals surface area contributed by atoms with Crippen molar-refractivity contribution in [2.75, 3.05) is 45.9 Å². The predicted octanol–water partition coefficient (Wildman–Crippen LogP) is 1.71. The molecule has 1 aromatic rings. The number of morpholine rings is 1. The van der Waals surface area contributed by atoms with Crippen LogP contribution in [0.25, 0.3) is 0 Å². The van der Waals surface area contributed by atoms with Crippen LogP contribution in [0.2, 0.25) is 0 Å². The SMILES string of the molecule is CCNC(=NCc1ccc(F)c(CO)c1)NCCCN1CCOCC1.I. The first-order valence-electron chi connectivity index (χ1n) is 8.93. The van der Waals surface area contributed by atoms with Crippen molar-refractivity contribution >= 4 is 29.9 Å². The Kier molecular flexibility index (Phi) is 11.7. The Bertz CT molecular complexity index is 554. The second kappa shape index (κ2) is 13.2. The summed E-state index contributed by atoms with van der Waals surface area (Å²) < 4.78 is 18.8. The zero-order valence-corrected chi connectivity index (χ0v) is 17.7. The number of aliphatic imine (C=N–C) groups is 1. The largest absolute Gasteiger partial charge is 0.392 e. The van der Waals surface area contributed by atoms with Gasteiger partial charge in [0.05, 0.1) is 26.4 Å². The van der Waals surface area contributed by atoms with Gasteiger partial charge in [0.15, 0.2) is 5.96 Å². The van der Waals surface area contributed by atoms with Gasteiger partial charge in [0.2, 0.25) is 0 Å². The van der Waals surface area contributed by atoms with Crippen LogP contribution in [0.15, 0.2) is 23.2 Å². The molecule has 2 rings (SSSR count). The van der Waals surface area contributed by atoms with E-state index in [0.717, 1.165) is 63.9 Å². The molecule has 8 heteroatoms. The van der Waals surface area contributed by atoms with Gasteiger partial charge in [0, 0.05) is 31.7 Å². The highest BCUT2D eigenvalue weighted by Gasteiger charge is 2.09. The van der Waals surface area contributed by atoms with E-state index in [0.29, 0.717) is 12.1 Å². The van der Waals surface area contributed by atoms with Crippen molar-refractivity contribution < 1.29 is 14.2 Å². The molecule has 0 radical (unpaired) electrons. The van der Waals surface area contributed by atoms with Gasteiger partial charge in [-0.1, -0.05) is 6.07 Å². The summed E-state index contributed by atoms with van der Waals surface area (Å²) in [4.78, 5) is 6.94. The molecule has 1 aliphatic rings. The molecule has 1 aliphatic heterocycles. The molecular weight excluding hydrogens is 450 g/mol. The number of aliphatic hydroxyl groups is 1. The topological polar surface area (TPSA) is 69.1 Å². The summed E-state index contributed by atoms with van der Waals surface area (Å²) in [5.74, 6) is 0.364. The van der Waals surface area contributed by atoms with Crippen molar-refractivity contribution in [2.45, 2.75) is 26.5 Å². The molecule has 1 saturated heterocycles. The number of hydrogen-bond acceptors (Lipinski definition) is 4. The van der Waals surface area contributed by atoms with Crippen LogP contribution in [0.5, 0.6) is 0 Å². The Hall–Kier alpha value is -0.970. The van der Waals surface area contributed by atoms with Crippen LogP contribution in [-0.2, 0) is 17.9 Å². The van der Waals surface area contributed by atoms with Gasteiger partial charge in [0.1, 0.15) is 5.82 Å². The summed E-state index contributed by atoms with van der Waals surface area (Å²) >= 11 is 0. The van der Waals surface area contributed by atoms with Gasteiger partial charge < -0.3 is 20.5 Å². The Labute approximate surface area is 172 Å². The molecule has 0 atom stereocenters. The summed E-state index contributed by atoms with van der Waals surface area (Å²) in [7, 11) is 0. The van der Waals surface area contributed by atoms with Crippen molar-refractivity contribution in [1.82, 2.24) is 15.5 Å². The molecule has 0 aromatic heterocycles. The molecule has 3 N–H and O–H groups in total. The van der Waals surface area contributed by atoms with Crippen molar-refractivity contribution in [3.63, 3.8) is 0 Å². The van der Waals surface area contributed by atoms with Crippen LogP contribution >= 0.6 is 24.0 Å². The summed E-state index contributed by atoms with van der Waals surface area (Å²) in [5, 5.41) is 15.7. The maximum absolute atomic E-state index is 13.4. The summed E-state index contributed by atoms with van der Waals surface area (Å²) in [5.41, 5.74) is 1.17. The van der Waals surface area contributed by atoms with Gasteiger partial charge in [-0.2, -0.15) is 0 Å². The Balaban J connectivity index is 0.00000338. The maximum Gasteiger partial charge on any atom is 0.191 e. The molecule has 1 aromatic carbocycles. The minimum atomic E-state index is -0.386. The first-order chi connectivity index (χ1) is 12.2. The van der Waals surface area contributed by atoms with Crippen LogP contribution in [0.3, 0.4) is 0 Å². The van der Waals surface area contributed by atoms with E-state index < -0.39 is 0 Å². The van der Waals surface area contributed by atoms with E-state index in [1.807, 2.05) is 6.92 Å². The molecule has 6 nitrogen and oxygen atoms in total. The number of rotatable bonds is 8. The molecule has 0 spiro atoms. The summed E-state index contributed by atoms with van der Waals surface area (Å²) in [6, 6.07) is 4.72. The normalized spacial score (nSPS) is 15.4. The van der Waals surface area contributed by atoms with Crippen molar-refractivity contribution in [3.05, 3.63) is 35.1 Å². The van der Waals surface area contributed by atoms with E-state index in [9.17, 15) is 4.39 Å². The van der Waals surface area contributed by atoms with Gasteiger partial charge in [-0.3, -0.25) is 4.90 Å². The smallest absolute Gasteiger partial charge is 0.191 e. The number of benzene rings is 1. The van der Waals surface area contributed by atoms with E-state index >= 15 is 0 Å². The molecule has 148 valence electrons. The third-order valence-electron chi connectivity index (χ3n) is 4.09. The highest BCUT2D eigenvalue weighted by atomic mass is 127. The molecule has 0 aliphatic carbocycles. The van der Waals surface area contributed by atoms with E-state index in [1.54, 1.807) is 12.1 Å². The fourth-order valence-corrected chi connectivity index (χ4v) is 2.69. The average Bonchev–Trinajstić information content (AvgIpc) is 2.65. The Morgan fingerprint density at radius 3 is 2.77 bits per heavy atom. The Morgan fingerprint density at radius 1 is 1.31 bits per heavy atom. The molecule has 26 heavy (non-hydrogen) atoms. The molecule has 0 amide bonds. The fraction of sp³-hybridized carbons (Fsp3) is 0.611. The first-order valence-corrected chi connectivity index (χ1v) is 8.93. The second-order valence-electron chi connectivity index (χ2n) is 6.01. The van der Waals surface area contributed by atoms with Crippen LogP contribution in [0, 0.1) is 5.82 Å². The van der Waals surface area contributed by atoms with Gasteiger partial charge in [-0.05, 0) is 37.6 Å². The molecule has 0 bridgehead atoms. The van der Waals surface area contributed by atoms with Crippen molar-refractivity contribution in [1.29, 1.82) is 0 Å². The minimum absolute atomic E-state index is 0. The lowest BCUT2D eigenvalue weighted by atomic mass is 10.1. The van der Waals surface area contributed by atoms with Crippen LogP contribution in [0.4, 0.5) is 4.39 Å². The molecule has 0 unspecified atom stereocenters. The lowest BCUT2D eigenvalue weighted by molar-refractivity contribution is 0.0376. The fourth-order valence-electron chi connectivity index (χ4n) is 2.69. The average molecular weight is 480 g/mol. The van der Waals surface area contributed by atoms with E-state index in [1.165, 1.54) is 6.07 Å². The number of hydrogen-bond donors (Lipinski definition) is 3. The number of aliphatic hydroxyl groups excluding tert-OH is 1. The Morgan fingerprint density at radius 2 is 2.08 bits per heavy atom. The van der Waals surface area contributed by atoms with E-state index in [-0.39, 0.29) is 36.4 Å². The van der Waals surface area contributed by atoms with Crippen LogP contribution < -0.4 is 10.6 Å². The molecular formula is C18H30FIN4O2. The molecule has 1 heterocycles. The first kappa shape index (κ1) is 23.1. The zero-order valence-electron chi connectivity index (χ0n) is 15.3. The van der Waals surface area contributed by atoms with Gasteiger partial charge >= 0.3 is 0 Å². The highest BCUT2D eigenvalue weighted by Crippen LogP contribution is 2.11. The standard InChI is InChI=1S/C18H29FN4O2.HI/c1-2-20-18(21-6-3-7-23-8-10-25-11-9-23)22-13-15-4-5-17(19)16(12-15)14-24;/h4-5,12,24H,2-3,6-11,13-14H2,1H3,(H2,20,21,22);1H. The van der Waals surface area contributed by atoms with Gasteiger partial charge in [-0.15, -0.1) is 24.0 Å². The lowest BCUT2D eigenvalue weighted by Gasteiger charge is -2.26.